The summed E-state index contributed by atoms with van der Waals surface area (Å²) < 4.78 is 28.6. The first kappa shape index (κ1) is 10.5. The van der Waals surface area contributed by atoms with Gasteiger partial charge >= 0.3 is 0 Å². The molecule has 1 aromatic carbocycles. The molecule has 0 aliphatic carbocycles. The SMILES string of the molecule is C#Cc1ccc(C)cc1OCC(F)F. The molecule has 74 valence electrons. The predicted molar refractivity (Wildman–Crippen MR) is 50.6 cm³/mol. The van der Waals surface area contributed by atoms with Gasteiger partial charge in [0.15, 0.2) is 0 Å². The lowest BCUT2D eigenvalue weighted by Crippen LogP contribution is -2.07. The monoisotopic (exact) mass is 196 g/mol. The molecule has 0 saturated carbocycles. The first-order valence-corrected chi connectivity index (χ1v) is 4.11. The van der Waals surface area contributed by atoms with Crippen LogP contribution in [0.5, 0.6) is 5.75 Å². The summed E-state index contributed by atoms with van der Waals surface area (Å²) in [5, 5.41) is 0. The minimum absolute atomic E-state index is 0.341. The Bertz CT molecular complexity index is 353. The standard InChI is InChI=1S/C11H10F2O/c1-3-9-5-4-8(2)6-10(9)14-7-11(12)13/h1,4-6,11H,7H2,2H3. The smallest absolute Gasteiger partial charge is 0.272 e. The molecule has 1 aromatic rings. The van der Waals surface area contributed by atoms with Crippen LogP contribution in [0.1, 0.15) is 11.1 Å². The van der Waals surface area contributed by atoms with Crippen LogP contribution in [0.3, 0.4) is 0 Å². The molecule has 1 rings (SSSR count). The molecule has 1 nitrogen and oxygen atoms in total. The van der Waals surface area contributed by atoms with Gasteiger partial charge in [-0.2, -0.15) is 0 Å². The molecule has 0 aliphatic heterocycles. The molecule has 0 radical (unpaired) electrons. The van der Waals surface area contributed by atoms with E-state index in [9.17, 15) is 8.78 Å². The first-order valence-electron chi connectivity index (χ1n) is 4.11. The number of ether oxygens (including phenoxy) is 1. The van der Waals surface area contributed by atoms with Gasteiger partial charge in [-0.05, 0) is 24.6 Å². The zero-order chi connectivity index (χ0) is 10.6. The van der Waals surface area contributed by atoms with Crippen molar-refractivity contribution in [1.82, 2.24) is 0 Å². The summed E-state index contributed by atoms with van der Waals surface area (Å²) in [6.45, 7) is 1.22. The number of alkyl halides is 2. The Morgan fingerprint density at radius 1 is 1.50 bits per heavy atom. The summed E-state index contributed by atoms with van der Waals surface area (Å²) in [6.07, 6.45) is 2.70. The maximum Gasteiger partial charge on any atom is 0.272 e. The molecule has 0 unspecified atom stereocenters. The molecule has 0 atom stereocenters. The van der Waals surface area contributed by atoms with Crippen LogP contribution < -0.4 is 4.74 Å². The van der Waals surface area contributed by atoms with Crippen molar-refractivity contribution < 1.29 is 13.5 Å². The largest absolute Gasteiger partial charge is 0.486 e. The molecular weight excluding hydrogens is 186 g/mol. The highest BCUT2D eigenvalue weighted by atomic mass is 19.3. The molecule has 0 fully saturated rings. The average molecular weight is 196 g/mol. The topological polar surface area (TPSA) is 9.23 Å². The number of halogens is 2. The fourth-order valence-electron chi connectivity index (χ4n) is 1.02. The number of hydrogen-bond acceptors (Lipinski definition) is 1. The van der Waals surface area contributed by atoms with E-state index >= 15 is 0 Å². The Labute approximate surface area is 81.7 Å². The molecule has 0 spiro atoms. The minimum Gasteiger partial charge on any atom is -0.486 e. The van der Waals surface area contributed by atoms with Crippen LogP contribution >= 0.6 is 0 Å². The summed E-state index contributed by atoms with van der Waals surface area (Å²) in [5.74, 6) is 2.72. The van der Waals surface area contributed by atoms with E-state index in [4.69, 9.17) is 11.2 Å². The van der Waals surface area contributed by atoms with E-state index in [1.807, 2.05) is 13.0 Å². The predicted octanol–water partition coefficient (Wildman–Crippen LogP) is 2.62. The second kappa shape index (κ2) is 4.61. The van der Waals surface area contributed by atoms with Gasteiger partial charge in [0.1, 0.15) is 12.4 Å². The van der Waals surface area contributed by atoms with Gasteiger partial charge in [-0.3, -0.25) is 0 Å². The van der Waals surface area contributed by atoms with E-state index < -0.39 is 13.0 Å². The number of terminal acetylenes is 1. The molecule has 0 aliphatic rings. The third kappa shape index (κ3) is 2.74. The van der Waals surface area contributed by atoms with Gasteiger partial charge in [0, 0.05) is 0 Å². The molecule has 3 heteroatoms. The summed E-state index contributed by atoms with van der Waals surface area (Å²) in [6, 6.07) is 5.14. The van der Waals surface area contributed by atoms with E-state index in [0.29, 0.717) is 11.3 Å². The van der Waals surface area contributed by atoms with Crippen molar-refractivity contribution in [3.8, 4) is 18.1 Å². The van der Waals surface area contributed by atoms with E-state index in [2.05, 4.69) is 5.92 Å². The highest BCUT2D eigenvalue weighted by Gasteiger charge is 2.06. The number of aryl methyl sites for hydroxylation is 1. The van der Waals surface area contributed by atoms with Crippen LogP contribution in [0.4, 0.5) is 8.78 Å². The number of benzene rings is 1. The van der Waals surface area contributed by atoms with E-state index in [1.54, 1.807) is 12.1 Å². The van der Waals surface area contributed by atoms with Crippen LogP contribution in [-0.2, 0) is 0 Å². The van der Waals surface area contributed by atoms with Crippen LogP contribution in [-0.4, -0.2) is 13.0 Å². The van der Waals surface area contributed by atoms with Crippen LogP contribution in [0.25, 0.3) is 0 Å². The van der Waals surface area contributed by atoms with E-state index in [-0.39, 0.29) is 0 Å². The second-order valence-electron chi connectivity index (χ2n) is 2.85. The van der Waals surface area contributed by atoms with E-state index in [0.717, 1.165) is 5.56 Å². The van der Waals surface area contributed by atoms with Crippen molar-refractivity contribution in [3.05, 3.63) is 29.3 Å². The highest BCUT2D eigenvalue weighted by Crippen LogP contribution is 2.19. The van der Waals surface area contributed by atoms with Crippen molar-refractivity contribution in [3.63, 3.8) is 0 Å². The lowest BCUT2D eigenvalue weighted by molar-refractivity contribution is 0.0817. The van der Waals surface area contributed by atoms with Crippen LogP contribution in [0.2, 0.25) is 0 Å². The molecular formula is C11H10F2O. The number of hydrogen-bond donors (Lipinski definition) is 0. The minimum atomic E-state index is -2.49. The summed E-state index contributed by atoms with van der Waals surface area (Å²) in [4.78, 5) is 0. The van der Waals surface area contributed by atoms with Crippen molar-refractivity contribution >= 4 is 0 Å². The van der Waals surface area contributed by atoms with E-state index in [1.165, 1.54) is 0 Å². The van der Waals surface area contributed by atoms with Crippen LogP contribution in [0.15, 0.2) is 18.2 Å². The third-order valence-electron chi connectivity index (χ3n) is 1.66. The first-order chi connectivity index (χ1) is 6.63. The maximum atomic E-state index is 11.9. The molecule has 14 heavy (non-hydrogen) atoms. The van der Waals surface area contributed by atoms with Crippen molar-refractivity contribution in [2.45, 2.75) is 13.3 Å². The van der Waals surface area contributed by atoms with Crippen LogP contribution in [0, 0.1) is 19.3 Å². The zero-order valence-corrected chi connectivity index (χ0v) is 7.76. The molecule has 0 bridgehead atoms. The van der Waals surface area contributed by atoms with Crippen molar-refractivity contribution in [2.75, 3.05) is 6.61 Å². The fourth-order valence-corrected chi connectivity index (χ4v) is 1.02. The van der Waals surface area contributed by atoms with Crippen molar-refractivity contribution in [1.29, 1.82) is 0 Å². The van der Waals surface area contributed by atoms with Gasteiger partial charge in [0.2, 0.25) is 0 Å². The molecule has 0 saturated heterocycles. The van der Waals surface area contributed by atoms with Gasteiger partial charge < -0.3 is 4.74 Å². The molecule has 0 amide bonds. The third-order valence-corrected chi connectivity index (χ3v) is 1.66. The summed E-state index contributed by atoms with van der Waals surface area (Å²) >= 11 is 0. The Morgan fingerprint density at radius 3 is 2.79 bits per heavy atom. The Balaban J connectivity index is 2.84. The highest BCUT2D eigenvalue weighted by molar-refractivity contribution is 5.46. The summed E-state index contributed by atoms with van der Waals surface area (Å²) in [5.41, 5.74) is 1.42. The Hall–Kier alpha value is -1.56. The molecule has 0 N–H and O–H groups in total. The Kier molecular flexibility index (Phi) is 3.47. The summed E-state index contributed by atoms with van der Waals surface area (Å²) in [7, 11) is 0. The van der Waals surface area contributed by atoms with Crippen molar-refractivity contribution in [2.24, 2.45) is 0 Å². The maximum absolute atomic E-state index is 11.9. The Morgan fingerprint density at radius 2 is 2.21 bits per heavy atom. The fraction of sp³-hybridized carbons (Fsp3) is 0.273. The van der Waals surface area contributed by atoms with Gasteiger partial charge in [0.05, 0.1) is 5.56 Å². The average Bonchev–Trinajstić information content (AvgIpc) is 2.15. The van der Waals surface area contributed by atoms with Gasteiger partial charge in [-0.15, -0.1) is 6.42 Å². The lowest BCUT2D eigenvalue weighted by Gasteiger charge is -2.08. The number of rotatable bonds is 3. The molecule has 0 aromatic heterocycles. The van der Waals surface area contributed by atoms with Gasteiger partial charge in [-0.1, -0.05) is 12.0 Å². The van der Waals surface area contributed by atoms with Gasteiger partial charge in [-0.25, -0.2) is 8.78 Å². The quantitative estimate of drug-likeness (QED) is 0.675. The zero-order valence-electron chi connectivity index (χ0n) is 7.76. The normalized spacial score (nSPS) is 9.93. The second-order valence-corrected chi connectivity index (χ2v) is 2.85. The molecule has 0 heterocycles. The lowest BCUT2D eigenvalue weighted by atomic mass is 10.1. The van der Waals surface area contributed by atoms with Gasteiger partial charge in [0.25, 0.3) is 6.43 Å².